The van der Waals surface area contributed by atoms with Crippen molar-refractivity contribution in [3.8, 4) is 0 Å². The highest BCUT2D eigenvalue weighted by Crippen LogP contribution is 2.45. The molecule has 0 aromatic carbocycles. The van der Waals surface area contributed by atoms with E-state index in [1.807, 2.05) is 0 Å². The fourth-order valence-corrected chi connectivity index (χ4v) is 2.73. The number of amides is 1. The quantitative estimate of drug-likeness (QED) is 0.722. The summed E-state index contributed by atoms with van der Waals surface area (Å²) in [7, 11) is 0. The van der Waals surface area contributed by atoms with Crippen molar-refractivity contribution in [2.75, 3.05) is 12.4 Å². The van der Waals surface area contributed by atoms with Crippen LogP contribution >= 0.6 is 11.6 Å². The van der Waals surface area contributed by atoms with Crippen molar-refractivity contribution in [1.29, 1.82) is 0 Å². The predicted octanol–water partition coefficient (Wildman–Crippen LogP) is 2.70. The molecule has 2 aliphatic rings. The van der Waals surface area contributed by atoms with Crippen molar-refractivity contribution in [3.05, 3.63) is 0 Å². The van der Waals surface area contributed by atoms with Gasteiger partial charge in [0, 0.05) is 24.3 Å². The van der Waals surface area contributed by atoms with Crippen LogP contribution in [0, 0.1) is 11.3 Å². The molecule has 0 aromatic heterocycles. The van der Waals surface area contributed by atoms with E-state index in [0.717, 1.165) is 13.0 Å². The van der Waals surface area contributed by atoms with E-state index in [9.17, 15) is 4.79 Å². The van der Waals surface area contributed by atoms with Crippen LogP contribution in [0.25, 0.3) is 0 Å². The summed E-state index contributed by atoms with van der Waals surface area (Å²) >= 11 is 5.86. The molecule has 2 nitrogen and oxygen atoms in total. The van der Waals surface area contributed by atoms with Crippen molar-refractivity contribution >= 4 is 17.5 Å². The van der Waals surface area contributed by atoms with Gasteiger partial charge in [0.25, 0.3) is 0 Å². The Hall–Kier alpha value is -0.240. The first kappa shape index (κ1) is 11.3. The van der Waals surface area contributed by atoms with E-state index in [-0.39, 0.29) is 11.3 Å². The molecule has 2 fully saturated rings. The summed E-state index contributed by atoms with van der Waals surface area (Å²) in [6, 6.07) is 0. The Bertz CT molecular complexity index is 232. The highest BCUT2D eigenvalue weighted by atomic mass is 35.5. The monoisotopic (exact) mass is 229 g/mol. The van der Waals surface area contributed by atoms with Crippen molar-refractivity contribution < 1.29 is 4.79 Å². The normalized spacial score (nSPS) is 24.1. The number of hydrogen-bond donors (Lipinski definition) is 1. The minimum absolute atomic E-state index is 0.235. The fraction of sp³-hybridized carbons (Fsp3) is 0.917. The van der Waals surface area contributed by atoms with E-state index in [1.54, 1.807) is 0 Å². The van der Waals surface area contributed by atoms with Gasteiger partial charge >= 0.3 is 0 Å². The summed E-state index contributed by atoms with van der Waals surface area (Å²) in [5.41, 5.74) is 0.257. The minimum atomic E-state index is 0.235. The molecule has 0 bridgehead atoms. The zero-order valence-electron chi connectivity index (χ0n) is 9.23. The number of carbonyl (C=O) groups is 1. The van der Waals surface area contributed by atoms with E-state index < -0.39 is 0 Å². The number of nitrogens with one attached hydrogen (secondary N) is 1. The van der Waals surface area contributed by atoms with Crippen LogP contribution in [0.3, 0.4) is 0 Å². The summed E-state index contributed by atoms with van der Waals surface area (Å²) in [5.74, 6) is 1.57. The summed E-state index contributed by atoms with van der Waals surface area (Å²) in [6.45, 7) is 0.794. The predicted molar refractivity (Wildman–Crippen MR) is 62.0 cm³/mol. The molecular weight excluding hydrogens is 210 g/mol. The number of rotatable bonds is 5. The molecule has 0 unspecified atom stereocenters. The fourth-order valence-electron chi connectivity index (χ4n) is 2.37. The lowest BCUT2D eigenvalue weighted by Crippen LogP contribution is -2.31. The smallest absolute Gasteiger partial charge is 0.220 e. The number of alkyl halides is 1. The van der Waals surface area contributed by atoms with Crippen LogP contribution < -0.4 is 5.32 Å². The maximum Gasteiger partial charge on any atom is 0.220 e. The molecule has 2 saturated carbocycles. The molecule has 0 spiro atoms. The summed E-state index contributed by atoms with van der Waals surface area (Å²) < 4.78 is 0. The van der Waals surface area contributed by atoms with E-state index >= 15 is 0 Å². The molecule has 0 heterocycles. The van der Waals surface area contributed by atoms with Gasteiger partial charge in [0.05, 0.1) is 0 Å². The highest BCUT2D eigenvalue weighted by Gasteiger charge is 2.41. The second-order valence-corrected chi connectivity index (χ2v) is 5.53. The zero-order valence-corrected chi connectivity index (χ0v) is 9.98. The third kappa shape index (κ3) is 3.10. The molecule has 1 N–H and O–H groups in total. The average Bonchev–Trinajstić information content (AvgIpc) is 2.86. The lowest BCUT2D eigenvalue weighted by molar-refractivity contribution is -0.122. The Morgan fingerprint density at radius 2 is 2.00 bits per heavy atom. The highest BCUT2D eigenvalue weighted by molar-refractivity contribution is 6.18. The van der Waals surface area contributed by atoms with Crippen LogP contribution in [0.5, 0.6) is 0 Å². The van der Waals surface area contributed by atoms with E-state index in [1.165, 1.54) is 38.5 Å². The summed E-state index contributed by atoms with van der Waals surface area (Å²) in [5, 5.41) is 3.04. The van der Waals surface area contributed by atoms with Crippen LogP contribution in [0.2, 0.25) is 0 Å². The minimum Gasteiger partial charge on any atom is -0.355 e. The summed E-state index contributed by atoms with van der Waals surface area (Å²) in [6.07, 6.45) is 8.20. The SMILES string of the molecule is O=C(CC1CCCC1)NCC1(CCl)CC1. The summed E-state index contributed by atoms with van der Waals surface area (Å²) in [4.78, 5) is 11.6. The van der Waals surface area contributed by atoms with Crippen LogP contribution in [-0.2, 0) is 4.79 Å². The Morgan fingerprint density at radius 1 is 1.33 bits per heavy atom. The molecule has 2 rings (SSSR count). The maximum absolute atomic E-state index is 11.6. The molecule has 1 amide bonds. The van der Waals surface area contributed by atoms with Gasteiger partial charge in [-0.15, -0.1) is 11.6 Å². The molecule has 86 valence electrons. The molecule has 3 heteroatoms. The Morgan fingerprint density at radius 3 is 2.53 bits per heavy atom. The third-order valence-electron chi connectivity index (χ3n) is 3.85. The first-order valence-electron chi connectivity index (χ1n) is 6.07. The average molecular weight is 230 g/mol. The van der Waals surface area contributed by atoms with Gasteiger partial charge < -0.3 is 5.32 Å². The van der Waals surface area contributed by atoms with Crippen LogP contribution in [0.1, 0.15) is 44.9 Å². The van der Waals surface area contributed by atoms with Crippen LogP contribution in [-0.4, -0.2) is 18.3 Å². The topological polar surface area (TPSA) is 29.1 Å². The largest absolute Gasteiger partial charge is 0.355 e. The van der Waals surface area contributed by atoms with Gasteiger partial charge in [-0.25, -0.2) is 0 Å². The molecule has 0 aliphatic heterocycles. The molecule has 0 saturated heterocycles. The Kier molecular flexibility index (Phi) is 3.55. The number of halogens is 1. The van der Waals surface area contributed by atoms with Crippen molar-refractivity contribution in [1.82, 2.24) is 5.32 Å². The van der Waals surface area contributed by atoms with E-state index in [2.05, 4.69) is 5.32 Å². The molecular formula is C12H20ClNO. The number of hydrogen-bond acceptors (Lipinski definition) is 1. The van der Waals surface area contributed by atoms with Crippen molar-refractivity contribution in [2.24, 2.45) is 11.3 Å². The van der Waals surface area contributed by atoms with Gasteiger partial charge in [0.15, 0.2) is 0 Å². The van der Waals surface area contributed by atoms with Gasteiger partial charge in [-0.3, -0.25) is 4.79 Å². The van der Waals surface area contributed by atoms with Gasteiger partial charge in [0.1, 0.15) is 0 Å². The Balaban J connectivity index is 1.64. The van der Waals surface area contributed by atoms with Gasteiger partial charge in [-0.2, -0.15) is 0 Å². The Labute approximate surface area is 96.8 Å². The first-order chi connectivity index (χ1) is 7.24. The van der Waals surface area contributed by atoms with Gasteiger partial charge in [-0.05, 0) is 31.6 Å². The molecule has 2 aliphatic carbocycles. The molecule has 0 aromatic rings. The third-order valence-corrected chi connectivity index (χ3v) is 4.42. The standard InChI is InChI=1S/C12H20ClNO/c13-8-12(5-6-12)9-14-11(15)7-10-3-1-2-4-10/h10H,1-9H2,(H,14,15). The van der Waals surface area contributed by atoms with Crippen molar-refractivity contribution in [3.63, 3.8) is 0 Å². The van der Waals surface area contributed by atoms with Gasteiger partial charge in [-0.1, -0.05) is 12.8 Å². The lowest BCUT2D eigenvalue weighted by Gasteiger charge is -2.14. The maximum atomic E-state index is 11.6. The number of carbonyl (C=O) groups excluding carboxylic acids is 1. The van der Waals surface area contributed by atoms with Crippen LogP contribution in [0.4, 0.5) is 0 Å². The lowest BCUT2D eigenvalue weighted by atomic mass is 10.0. The molecule has 0 atom stereocenters. The second-order valence-electron chi connectivity index (χ2n) is 5.26. The van der Waals surface area contributed by atoms with Crippen molar-refractivity contribution in [2.45, 2.75) is 44.9 Å². The second kappa shape index (κ2) is 4.73. The zero-order chi connectivity index (χ0) is 10.7. The van der Waals surface area contributed by atoms with Gasteiger partial charge in [0.2, 0.25) is 5.91 Å². The van der Waals surface area contributed by atoms with E-state index in [4.69, 9.17) is 11.6 Å². The molecule has 15 heavy (non-hydrogen) atoms. The first-order valence-corrected chi connectivity index (χ1v) is 6.60. The van der Waals surface area contributed by atoms with Crippen LogP contribution in [0.15, 0.2) is 0 Å². The van der Waals surface area contributed by atoms with E-state index in [0.29, 0.717) is 11.8 Å². The molecule has 0 radical (unpaired) electrons.